The molecule has 6 heteroatoms. The van der Waals surface area contributed by atoms with Crippen LogP contribution in [0.15, 0.2) is 12.2 Å². The zero-order valence-corrected chi connectivity index (χ0v) is 16.2. The first kappa shape index (κ1) is 22.7. The molecule has 0 aromatic carbocycles. The summed E-state index contributed by atoms with van der Waals surface area (Å²) in [5, 5.41) is 2.84. The molecule has 0 fully saturated rings. The van der Waals surface area contributed by atoms with Gasteiger partial charge >= 0.3 is 0 Å². The molecule has 24 heavy (non-hydrogen) atoms. The van der Waals surface area contributed by atoms with Crippen molar-refractivity contribution in [2.24, 2.45) is 0 Å². The Balaban J connectivity index is 3.67. The molecule has 0 unspecified atom stereocenters. The van der Waals surface area contributed by atoms with Crippen LogP contribution < -0.4 is 5.32 Å². The summed E-state index contributed by atoms with van der Waals surface area (Å²) in [5.41, 5.74) is 0.607. The number of carbonyl (C=O) groups excluding carboxylic acids is 3. The van der Waals surface area contributed by atoms with E-state index in [0.717, 1.165) is 57.4 Å². The average Bonchev–Trinajstić information content (AvgIpc) is 2.50. The fourth-order valence-corrected chi connectivity index (χ4v) is 2.95. The van der Waals surface area contributed by atoms with Gasteiger partial charge < -0.3 is 10.2 Å². The number of rotatable bonds is 13. The Morgan fingerprint density at radius 2 is 1.50 bits per heavy atom. The lowest BCUT2D eigenvalue weighted by atomic mass is 10.2. The van der Waals surface area contributed by atoms with Crippen LogP contribution in [0.25, 0.3) is 0 Å². The minimum absolute atomic E-state index is 0.0125. The third kappa shape index (κ3) is 13.2. The molecule has 0 aliphatic heterocycles. The van der Waals surface area contributed by atoms with Crippen LogP contribution in [0, 0.1) is 0 Å². The van der Waals surface area contributed by atoms with Crippen molar-refractivity contribution in [2.75, 3.05) is 25.4 Å². The van der Waals surface area contributed by atoms with Crippen LogP contribution in [0.2, 0.25) is 0 Å². The van der Waals surface area contributed by atoms with Crippen molar-refractivity contribution in [3.05, 3.63) is 12.2 Å². The fourth-order valence-electron chi connectivity index (χ4n) is 2.17. The lowest BCUT2D eigenvalue weighted by molar-refractivity contribution is -0.129. The number of amides is 2. The normalized spacial score (nSPS) is 10.3. The van der Waals surface area contributed by atoms with Crippen molar-refractivity contribution in [2.45, 2.75) is 59.3 Å². The summed E-state index contributed by atoms with van der Waals surface area (Å²) in [6.07, 6.45) is 5.93. The molecule has 0 saturated heterocycles. The molecule has 0 rings (SSSR count). The van der Waals surface area contributed by atoms with Crippen LogP contribution in [0.1, 0.15) is 59.3 Å². The number of thioether (sulfide) groups is 1. The Labute approximate surface area is 150 Å². The van der Waals surface area contributed by atoms with Gasteiger partial charge in [-0.3, -0.25) is 14.4 Å². The minimum atomic E-state index is -0.0125. The molecule has 0 aromatic heterocycles. The molecule has 2 amide bonds. The van der Waals surface area contributed by atoms with Gasteiger partial charge in [0.2, 0.25) is 16.9 Å². The van der Waals surface area contributed by atoms with E-state index in [1.54, 1.807) is 13.8 Å². The number of carbonyl (C=O) groups is 3. The Morgan fingerprint density at radius 3 is 2.04 bits per heavy atom. The second kappa shape index (κ2) is 14.1. The number of hydrogen-bond acceptors (Lipinski definition) is 4. The monoisotopic (exact) mass is 356 g/mol. The van der Waals surface area contributed by atoms with Crippen LogP contribution in [0.5, 0.6) is 0 Å². The number of nitrogens with one attached hydrogen (secondary N) is 1. The maximum Gasteiger partial charge on any atom is 0.219 e. The van der Waals surface area contributed by atoms with E-state index >= 15 is 0 Å². The summed E-state index contributed by atoms with van der Waals surface area (Å²) >= 11 is 1.34. The second-order valence-electron chi connectivity index (χ2n) is 6.03. The highest BCUT2D eigenvalue weighted by atomic mass is 32.2. The summed E-state index contributed by atoms with van der Waals surface area (Å²) in [4.78, 5) is 35.7. The van der Waals surface area contributed by atoms with Gasteiger partial charge in [0.1, 0.15) is 0 Å². The molecule has 0 spiro atoms. The average molecular weight is 357 g/mol. The highest BCUT2D eigenvalue weighted by molar-refractivity contribution is 8.14. The molecule has 0 aliphatic carbocycles. The first-order chi connectivity index (χ1) is 11.3. The topological polar surface area (TPSA) is 66.5 Å². The summed E-state index contributed by atoms with van der Waals surface area (Å²) in [6, 6.07) is 0. The maximum atomic E-state index is 11.6. The smallest absolute Gasteiger partial charge is 0.219 e. The van der Waals surface area contributed by atoms with Crippen molar-refractivity contribution in [1.29, 1.82) is 0 Å². The van der Waals surface area contributed by atoms with Gasteiger partial charge in [0.15, 0.2) is 0 Å². The van der Waals surface area contributed by atoms with E-state index in [1.165, 1.54) is 18.7 Å². The summed E-state index contributed by atoms with van der Waals surface area (Å²) < 4.78 is 0. The van der Waals surface area contributed by atoms with E-state index in [9.17, 15) is 14.4 Å². The summed E-state index contributed by atoms with van der Waals surface area (Å²) in [5.74, 6) is 0.935. The molecular weight excluding hydrogens is 324 g/mol. The van der Waals surface area contributed by atoms with Gasteiger partial charge in [0, 0.05) is 39.2 Å². The van der Waals surface area contributed by atoms with Crippen molar-refractivity contribution >= 4 is 28.7 Å². The fraction of sp³-hybridized carbons (Fsp3) is 0.722. The Bertz CT molecular complexity index is 424. The van der Waals surface area contributed by atoms with Crippen LogP contribution in [-0.2, 0) is 14.4 Å². The maximum absolute atomic E-state index is 11.6. The predicted octanol–water partition coefficient (Wildman–Crippen LogP) is 3.15. The highest BCUT2D eigenvalue weighted by Gasteiger charge is 2.08. The Kier molecular flexibility index (Phi) is 13.3. The lowest BCUT2D eigenvalue weighted by Gasteiger charge is -2.21. The largest absolute Gasteiger partial charge is 0.356 e. The molecule has 0 radical (unpaired) electrons. The van der Waals surface area contributed by atoms with Crippen molar-refractivity contribution in [3.63, 3.8) is 0 Å². The van der Waals surface area contributed by atoms with Gasteiger partial charge in [0.25, 0.3) is 0 Å². The van der Waals surface area contributed by atoms with Gasteiger partial charge in [-0.25, -0.2) is 0 Å². The zero-order valence-electron chi connectivity index (χ0n) is 15.4. The molecule has 0 saturated carbocycles. The number of unbranched alkanes of at least 4 members (excludes halogenated alkanes) is 4. The molecular formula is C18H32N2O3S. The van der Waals surface area contributed by atoms with Crippen molar-refractivity contribution in [3.8, 4) is 0 Å². The van der Waals surface area contributed by atoms with E-state index in [4.69, 9.17) is 0 Å². The minimum Gasteiger partial charge on any atom is -0.356 e. The molecule has 1 N–H and O–H groups in total. The predicted molar refractivity (Wildman–Crippen MR) is 101 cm³/mol. The van der Waals surface area contributed by atoms with Crippen LogP contribution in [0.4, 0.5) is 0 Å². The van der Waals surface area contributed by atoms with E-state index in [0.29, 0.717) is 12.1 Å². The van der Waals surface area contributed by atoms with Crippen molar-refractivity contribution in [1.82, 2.24) is 10.2 Å². The summed E-state index contributed by atoms with van der Waals surface area (Å²) in [7, 11) is 0. The van der Waals surface area contributed by atoms with E-state index < -0.39 is 0 Å². The second-order valence-corrected chi connectivity index (χ2v) is 7.09. The number of hydrogen-bond donors (Lipinski definition) is 1. The van der Waals surface area contributed by atoms with Gasteiger partial charge in [-0.15, -0.1) is 0 Å². The number of nitrogens with zero attached hydrogens (tertiary/aromatic N) is 1. The van der Waals surface area contributed by atoms with E-state index in [2.05, 4.69) is 11.9 Å². The van der Waals surface area contributed by atoms with E-state index in [-0.39, 0.29) is 16.9 Å². The van der Waals surface area contributed by atoms with E-state index in [1.807, 2.05) is 4.90 Å². The standard InChI is InChI=1S/C18H32N2O3S/c1-15(2)18(23)24-14-10-6-5-8-12-20(17(4)22)13-9-7-11-19-16(3)21/h1,5-14H2,2-4H3,(H,19,21). The van der Waals surface area contributed by atoms with Crippen LogP contribution >= 0.6 is 11.8 Å². The van der Waals surface area contributed by atoms with Crippen LogP contribution in [0.3, 0.4) is 0 Å². The van der Waals surface area contributed by atoms with Gasteiger partial charge in [-0.05, 0) is 38.2 Å². The van der Waals surface area contributed by atoms with Crippen molar-refractivity contribution < 1.29 is 14.4 Å². The quantitative estimate of drug-likeness (QED) is 0.407. The third-order valence-corrected chi connectivity index (χ3v) is 4.68. The molecule has 0 bridgehead atoms. The van der Waals surface area contributed by atoms with Crippen LogP contribution in [-0.4, -0.2) is 47.2 Å². The highest BCUT2D eigenvalue weighted by Crippen LogP contribution is 2.12. The lowest BCUT2D eigenvalue weighted by Crippen LogP contribution is -2.31. The molecule has 138 valence electrons. The Morgan fingerprint density at radius 1 is 0.917 bits per heavy atom. The third-order valence-electron chi connectivity index (χ3n) is 3.58. The first-order valence-electron chi connectivity index (χ1n) is 8.67. The Hall–Kier alpha value is -1.30. The van der Waals surface area contributed by atoms with Gasteiger partial charge in [-0.2, -0.15) is 0 Å². The zero-order chi connectivity index (χ0) is 18.4. The molecule has 0 heterocycles. The molecule has 0 atom stereocenters. The molecule has 5 nitrogen and oxygen atoms in total. The molecule has 0 aromatic rings. The summed E-state index contributed by atoms with van der Waals surface area (Å²) in [6.45, 7) is 10.7. The first-order valence-corrected chi connectivity index (χ1v) is 9.65. The molecule has 0 aliphatic rings. The SMILES string of the molecule is C=C(C)C(=O)SCCCCCCN(CCCCNC(C)=O)C(C)=O. The van der Waals surface area contributed by atoms with Gasteiger partial charge in [-0.1, -0.05) is 31.2 Å². The van der Waals surface area contributed by atoms with Gasteiger partial charge in [0.05, 0.1) is 0 Å².